The van der Waals surface area contributed by atoms with Crippen molar-refractivity contribution in [1.82, 2.24) is 0 Å². The fraction of sp³-hybridized carbons (Fsp3) is 0.250. The van der Waals surface area contributed by atoms with Crippen molar-refractivity contribution in [3.8, 4) is 0 Å². The molecule has 0 aliphatic carbocycles. The van der Waals surface area contributed by atoms with Crippen LogP contribution in [0.25, 0.3) is 0 Å². The number of allylic oxidation sites excluding steroid dienone is 1. The molecule has 0 saturated heterocycles. The van der Waals surface area contributed by atoms with Gasteiger partial charge in [-0.05, 0) is 31.5 Å². The Morgan fingerprint density at radius 3 is 2.80 bits per heavy atom. The number of hydrogen-bond donors (Lipinski definition) is 1. The van der Waals surface area contributed by atoms with Crippen LogP contribution in [0.3, 0.4) is 0 Å². The molecule has 0 heterocycles. The lowest BCUT2D eigenvalue weighted by atomic mass is 10.2. The quantitative estimate of drug-likeness (QED) is 0.608. The highest BCUT2D eigenvalue weighted by molar-refractivity contribution is 5.99. The van der Waals surface area contributed by atoms with E-state index in [4.69, 9.17) is 4.74 Å². The molecular formula is C12H15NO2. The topological polar surface area (TPSA) is 38.3 Å². The van der Waals surface area contributed by atoms with E-state index in [9.17, 15) is 4.79 Å². The van der Waals surface area contributed by atoms with Gasteiger partial charge in [0.1, 0.15) is 0 Å². The molecule has 0 unspecified atom stereocenters. The summed E-state index contributed by atoms with van der Waals surface area (Å²) >= 11 is 0. The maximum Gasteiger partial charge on any atom is 0.251 e. The van der Waals surface area contributed by atoms with Crippen molar-refractivity contribution < 1.29 is 9.53 Å². The summed E-state index contributed by atoms with van der Waals surface area (Å²) in [6.07, 6.45) is 1.42. The second-order valence-corrected chi connectivity index (χ2v) is 3.32. The highest BCUT2D eigenvalue weighted by Gasteiger charge is 1.99. The molecule has 0 bridgehead atoms. The number of benzene rings is 1. The van der Waals surface area contributed by atoms with Gasteiger partial charge in [-0.2, -0.15) is 0 Å². The molecule has 3 nitrogen and oxygen atoms in total. The Labute approximate surface area is 89.8 Å². The first kappa shape index (κ1) is 11.3. The predicted molar refractivity (Wildman–Crippen MR) is 60.6 cm³/mol. The highest BCUT2D eigenvalue weighted by Crippen LogP contribution is 2.09. The molecule has 0 aliphatic rings. The second kappa shape index (κ2) is 5.20. The molecule has 1 aromatic carbocycles. The van der Waals surface area contributed by atoms with Crippen LogP contribution in [0.15, 0.2) is 36.1 Å². The molecule has 0 atom stereocenters. The van der Waals surface area contributed by atoms with Gasteiger partial charge in [-0.3, -0.25) is 4.79 Å². The molecule has 1 aromatic rings. The second-order valence-electron chi connectivity index (χ2n) is 3.32. The number of rotatable bonds is 3. The van der Waals surface area contributed by atoms with Crippen molar-refractivity contribution in [2.24, 2.45) is 0 Å². The number of ether oxygens (including phenoxy) is 1. The van der Waals surface area contributed by atoms with Gasteiger partial charge in [0.25, 0.3) is 5.91 Å². The smallest absolute Gasteiger partial charge is 0.251 e. The van der Waals surface area contributed by atoms with E-state index in [2.05, 4.69) is 5.32 Å². The van der Waals surface area contributed by atoms with Gasteiger partial charge in [0.2, 0.25) is 0 Å². The lowest BCUT2D eigenvalue weighted by Crippen LogP contribution is -2.08. The zero-order chi connectivity index (χ0) is 11.3. The van der Waals surface area contributed by atoms with Crippen LogP contribution in [0.2, 0.25) is 0 Å². The van der Waals surface area contributed by atoms with E-state index in [-0.39, 0.29) is 5.91 Å². The number of carbonyl (C=O) groups excluding carboxylic acids is 1. The van der Waals surface area contributed by atoms with Gasteiger partial charge >= 0.3 is 0 Å². The maximum atomic E-state index is 11.4. The van der Waals surface area contributed by atoms with Crippen LogP contribution in [-0.2, 0) is 9.53 Å². The van der Waals surface area contributed by atoms with Gasteiger partial charge < -0.3 is 10.1 Å². The first-order valence-corrected chi connectivity index (χ1v) is 4.72. The normalized spacial score (nSPS) is 11.0. The van der Waals surface area contributed by atoms with Crippen molar-refractivity contribution in [3.63, 3.8) is 0 Å². The Morgan fingerprint density at radius 1 is 1.47 bits per heavy atom. The van der Waals surface area contributed by atoms with Crippen LogP contribution >= 0.6 is 0 Å². The van der Waals surface area contributed by atoms with E-state index in [1.54, 1.807) is 6.92 Å². The Kier molecular flexibility index (Phi) is 3.92. The summed E-state index contributed by atoms with van der Waals surface area (Å²) in [4.78, 5) is 11.4. The Bertz CT molecular complexity index is 383. The number of methoxy groups -OCH3 is 1. The lowest BCUT2D eigenvalue weighted by Gasteiger charge is -2.03. The summed E-state index contributed by atoms with van der Waals surface area (Å²) in [7, 11) is 1.53. The molecule has 0 aromatic heterocycles. The van der Waals surface area contributed by atoms with Crippen molar-refractivity contribution in [3.05, 3.63) is 41.7 Å². The zero-order valence-corrected chi connectivity index (χ0v) is 9.20. The minimum absolute atomic E-state index is 0.181. The van der Waals surface area contributed by atoms with Crippen LogP contribution in [0.1, 0.15) is 12.5 Å². The summed E-state index contributed by atoms with van der Waals surface area (Å²) in [6, 6.07) is 7.64. The molecule has 1 amide bonds. The number of hydrogen-bond acceptors (Lipinski definition) is 2. The number of nitrogens with one attached hydrogen (secondary N) is 1. The third-order valence-corrected chi connectivity index (χ3v) is 1.94. The molecule has 3 heteroatoms. The molecular weight excluding hydrogens is 190 g/mol. The van der Waals surface area contributed by atoms with E-state index in [1.165, 1.54) is 13.2 Å². The molecule has 0 spiro atoms. The Balaban J connectivity index is 2.67. The third-order valence-electron chi connectivity index (χ3n) is 1.94. The van der Waals surface area contributed by atoms with Crippen LogP contribution in [0.4, 0.5) is 5.69 Å². The molecule has 15 heavy (non-hydrogen) atoms. The number of carbonyl (C=O) groups is 1. The highest BCUT2D eigenvalue weighted by atomic mass is 16.5. The number of aryl methyl sites for hydroxylation is 1. The molecule has 0 saturated carbocycles. The van der Waals surface area contributed by atoms with Gasteiger partial charge in [-0.15, -0.1) is 0 Å². The standard InChI is InChI=1S/C12H15NO2/c1-9-5-4-6-11(7-9)13-12(14)8-10(2)15-3/h4-8H,1-3H3,(H,13,14)/b10-8-. The van der Waals surface area contributed by atoms with Crippen LogP contribution in [0, 0.1) is 6.92 Å². The largest absolute Gasteiger partial charge is 0.501 e. The van der Waals surface area contributed by atoms with E-state index < -0.39 is 0 Å². The first-order chi connectivity index (χ1) is 7.11. The first-order valence-electron chi connectivity index (χ1n) is 4.72. The van der Waals surface area contributed by atoms with Crippen molar-refractivity contribution in [1.29, 1.82) is 0 Å². The van der Waals surface area contributed by atoms with E-state index in [0.717, 1.165) is 11.3 Å². The monoisotopic (exact) mass is 205 g/mol. The maximum absolute atomic E-state index is 11.4. The van der Waals surface area contributed by atoms with Gasteiger partial charge in [0.05, 0.1) is 12.9 Å². The summed E-state index contributed by atoms with van der Waals surface area (Å²) in [5, 5.41) is 2.75. The van der Waals surface area contributed by atoms with E-state index in [1.807, 2.05) is 31.2 Å². The third kappa shape index (κ3) is 3.85. The SMILES string of the molecule is CO/C(C)=C\C(=O)Nc1cccc(C)c1. The van der Waals surface area contributed by atoms with Crippen LogP contribution < -0.4 is 5.32 Å². The number of anilines is 1. The molecule has 1 N–H and O–H groups in total. The summed E-state index contributed by atoms with van der Waals surface area (Å²) in [5.41, 5.74) is 1.90. The molecule has 0 radical (unpaired) electrons. The minimum atomic E-state index is -0.181. The predicted octanol–water partition coefficient (Wildman–Crippen LogP) is 2.48. The average molecular weight is 205 g/mol. The van der Waals surface area contributed by atoms with Crippen LogP contribution in [0.5, 0.6) is 0 Å². The van der Waals surface area contributed by atoms with E-state index in [0.29, 0.717) is 5.76 Å². The van der Waals surface area contributed by atoms with Gasteiger partial charge in [0.15, 0.2) is 0 Å². The van der Waals surface area contributed by atoms with Gasteiger partial charge in [-0.25, -0.2) is 0 Å². The molecule has 0 fully saturated rings. The molecule has 80 valence electrons. The molecule has 1 rings (SSSR count). The van der Waals surface area contributed by atoms with Gasteiger partial charge in [-0.1, -0.05) is 12.1 Å². The Morgan fingerprint density at radius 2 is 2.20 bits per heavy atom. The molecule has 0 aliphatic heterocycles. The van der Waals surface area contributed by atoms with Gasteiger partial charge in [0, 0.05) is 11.8 Å². The fourth-order valence-electron chi connectivity index (χ4n) is 1.14. The average Bonchev–Trinajstić information content (AvgIpc) is 2.17. The van der Waals surface area contributed by atoms with Crippen LogP contribution in [-0.4, -0.2) is 13.0 Å². The summed E-state index contributed by atoms with van der Waals surface area (Å²) < 4.78 is 4.88. The van der Waals surface area contributed by atoms with Crippen molar-refractivity contribution >= 4 is 11.6 Å². The minimum Gasteiger partial charge on any atom is -0.501 e. The van der Waals surface area contributed by atoms with E-state index >= 15 is 0 Å². The van der Waals surface area contributed by atoms with Crippen molar-refractivity contribution in [2.45, 2.75) is 13.8 Å². The summed E-state index contributed by atoms with van der Waals surface area (Å²) in [6.45, 7) is 3.71. The summed E-state index contributed by atoms with van der Waals surface area (Å²) in [5.74, 6) is 0.403. The zero-order valence-electron chi connectivity index (χ0n) is 9.20. The number of amides is 1. The Hall–Kier alpha value is -1.77. The van der Waals surface area contributed by atoms with Crippen molar-refractivity contribution in [2.75, 3.05) is 12.4 Å². The lowest BCUT2D eigenvalue weighted by molar-refractivity contribution is -0.112. The fourth-order valence-corrected chi connectivity index (χ4v) is 1.14.